The highest BCUT2D eigenvalue weighted by molar-refractivity contribution is 5.55. The maximum atomic E-state index is 9.70. The second-order valence-electron chi connectivity index (χ2n) is 5.30. The van der Waals surface area contributed by atoms with E-state index in [9.17, 15) is 5.11 Å². The van der Waals surface area contributed by atoms with E-state index in [1.807, 2.05) is 28.8 Å². The van der Waals surface area contributed by atoms with E-state index in [-0.39, 0.29) is 6.61 Å². The van der Waals surface area contributed by atoms with E-state index >= 15 is 0 Å². The van der Waals surface area contributed by atoms with Crippen LogP contribution in [0.2, 0.25) is 0 Å². The Kier molecular flexibility index (Phi) is 4.98. The average molecular weight is 277 g/mol. The summed E-state index contributed by atoms with van der Waals surface area (Å²) in [5, 5.41) is 9.70. The molecule has 5 nitrogen and oxygen atoms in total. The molecule has 110 valence electrons. The zero-order valence-electron chi connectivity index (χ0n) is 12.4. The molecule has 0 bridgehead atoms. The van der Waals surface area contributed by atoms with Crippen molar-refractivity contribution in [2.45, 2.75) is 20.5 Å². The largest absolute Gasteiger partial charge is 0.390 e. The molecule has 0 aliphatic heterocycles. The first-order valence-corrected chi connectivity index (χ1v) is 6.98. The molecule has 2 heterocycles. The first-order valence-electron chi connectivity index (χ1n) is 6.98. The summed E-state index contributed by atoms with van der Waals surface area (Å²) in [7, 11) is 1.70. The molecule has 0 aliphatic carbocycles. The Bertz CT molecular complexity index is 551. The number of nitrogens with zero attached hydrogens (tertiary/aromatic N) is 3. The van der Waals surface area contributed by atoms with Crippen molar-refractivity contribution in [3.63, 3.8) is 0 Å². The van der Waals surface area contributed by atoms with E-state index in [2.05, 4.69) is 23.7 Å². The van der Waals surface area contributed by atoms with E-state index in [0.717, 1.165) is 30.2 Å². The van der Waals surface area contributed by atoms with Crippen LogP contribution in [0.3, 0.4) is 0 Å². The normalized spacial score (nSPS) is 11.4. The highest BCUT2D eigenvalue weighted by atomic mass is 16.5. The summed E-state index contributed by atoms with van der Waals surface area (Å²) in [6, 6.07) is 5.85. The molecule has 0 atom stereocenters. The van der Waals surface area contributed by atoms with Crippen LogP contribution in [0.4, 0.5) is 5.82 Å². The van der Waals surface area contributed by atoms with Gasteiger partial charge in [-0.3, -0.25) is 4.40 Å². The number of fused-ring (bicyclic) bond motifs is 1. The molecule has 0 amide bonds. The third-order valence-corrected chi connectivity index (χ3v) is 3.21. The third-order valence-electron chi connectivity index (χ3n) is 3.21. The predicted molar refractivity (Wildman–Crippen MR) is 80.0 cm³/mol. The van der Waals surface area contributed by atoms with Gasteiger partial charge in [-0.1, -0.05) is 19.9 Å². The molecule has 2 aromatic heterocycles. The van der Waals surface area contributed by atoms with Gasteiger partial charge in [-0.2, -0.15) is 0 Å². The average Bonchev–Trinajstić information content (AvgIpc) is 2.81. The van der Waals surface area contributed by atoms with Crippen LogP contribution in [0.1, 0.15) is 19.5 Å². The Hall–Kier alpha value is -1.59. The lowest BCUT2D eigenvalue weighted by Crippen LogP contribution is -2.32. The molecule has 0 fully saturated rings. The SMILES string of the molecule is COCCN(CC(C)C)c1nc2ccccn2c1CO. The summed E-state index contributed by atoms with van der Waals surface area (Å²) >= 11 is 0. The molecule has 0 unspecified atom stereocenters. The smallest absolute Gasteiger partial charge is 0.153 e. The Labute approximate surface area is 119 Å². The molecule has 0 saturated carbocycles. The van der Waals surface area contributed by atoms with Gasteiger partial charge in [-0.15, -0.1) is 0 Å². The fraction of sp³-hybridized carbons (Fsp3) is 0.533. The van der Waals surface area contributed by atoms with Gasteiger partial charge in [0.1, 0.15) is 5.65 Å². The fourth-order valence-corrected chi connectivity index (χ4v) is 2.36. The molecule has 2 rings (SSSR count). The first-order chi connectivity index (χ1) is 9.67. The maximum Gasteiger partial charge on any atom is 0.153 e. The molecule has 0 spiro atoms. The van der Waals surface area contributed by atoms with E-state index in [0.29, 0.717) is 12.5 Å². The van der Waals surface area contributed by atoms with Crippen LogP contribution in [-0.4, -0.2) is 41.3 Å². The first kappa shape index (κ1) is 14.8. The van der Waals surface area contributed by atoms with Gasteiger partial charge in [0, 0.05) is 26.4 Å². The number of ether oxygens (including phenoxy) is 1. The van der Waals surface area contributed by atoms with Crippen molar-refractivity contribution in [1.82, 2.24) is 9.38 Å². The minimum Gasteiger partial charge on any atom is -0.390 e. The number of hydrogen-bond acceptors (Lipinski definition) is 4. The molecule has 0 aromatic carbocycles. The summed E-state index contributed by atoms with van der Waals surface area (Å²) in [6.07, 6.45) is 1.93. The monoisotopic (exact) mass is 277 g/mol. The number of rotatable bonds is 7. The molecular formula is C15H23N3O2. The minimum atomic E-state index is -0.0257. The van der Waals surface area contributed by atoms with Crippen molar-refractivity contribution >= 4 is 11.5 Å². The predicted octanol–water partition coefficient (Wildman–Crippen LogP) is 1.94. The van der Waals surface area contributed by atoms with Crippen molar-refractivity contribution in [3.05, 3.63) is 30.1 Å². The molecular weight excluding hydrogens is 254 g/mol. The number of anilines is 1. The summed E-state index contributed by atoms with van der Waals surface area (Å²) < 4.78 is 7.12. The summed E-state index contributed by atoms with van der Waals surface area (Å²) in [5.74, 6) is 1.37. The Balaban J connectivity index is 2.40. The number of hydrogen-bond donors (Lipinski definition) is 1. The molecule has 2 aromatic rings. The highest BCUT2D eigenvalue weighted by Crippen LogP contribution is 2.22. The van der Waals surface area contributed by atoms with Gasteiger partial charge < -0.3 is 14.7 Å². The second kappa shape index (κ2) is 6.72. The van der Waals surface area contributed by atoms with Gasteiger partial charge >= 0.3 is 0 Å². The maximum absolute atomic E-state index is 9.70. The van der Waals surface area contributed by atoms with Crippen LogP contribution in [0, 0.1) is 5.92 Å². The lowest BCUT2D eigenvalue weighted by Gasteiger charge is -2.25. The minimum absolute atomic E-state index is 0.0257. The number of aliphatic hydroxyl groups excluding tert-OH is 1. The van der Waals surface area contributed by atoms with Crippen molar-refractivity contribution in [3.8, 4) is 0 Å². The summed E-state index contributed by atoms with van der Waals surface area (Å²) in [4.78, 5) is 6.85. The molecule has 0 radical (unpaired) electrons. The van der Waals surface area contributed by atoms with Gasteiger partial charge in [0.15, 0.2) is 5.82 Å². The number of imidazole rings is 1. The lowest BCUT2D eigenvalue weighted by molar-refractivity contribution is 0.204. The number of aliphatic hydroxyl groups is 1. The van der Waals surface area contributed by atoms with Crippen LogP contribution < -0.4 is 4.90 Å². The van der Waals surface area contributed by atoms with Crippen LogP contribution in [-0.2, 0) is 11.3 Å². The molecule has 1 N–H and O–H groups in total. The van der Waals surface area contributed by atoms with Crippen LogP contribution in [0.5, 0.6) is 0 Å². The number of pyridine rings is 1. The summed E-state index contributed by atoms with van der Waals surface area (Å²) in [5.41, 5.74) is 1.69. The topological polar surface area (TPSA) is 50.0 Å². The quantitative estimate of drug-likeness (QED) is 0.840. The van der Waals surface area contributed by atoms with Gasteiger partial charge in [0.05, 0.1) is 18.9 Å². The fourth-order valence-electron chi connectivity index (χ4n) is 2.36. The van der Waals surface area contributed by atoms with E-state index in [1.165, 1.54) is 0 Å². The van der Waals surface area contributed by atoms with Crippen molar-refractivity contribution in [2.75, 3.05) is 31.7 Å². The van der Waals surface area contributed by atoms with E-state index < -0.39 is 0 Å². The zero-order chi connectivity index (χ0) is 14.5. The van der Waals surface area contributed by atoms with Crippen molar-refractivity contribution < 1.29 is 9.84 Å². The molecule has 5 heteroatoms. The summed E-state index contributed by atoms with van der Waals surface area (Å²) in [6.45, 7) is 6.63. The van der Waals surface area contributed by atoms with Gasteiger partial charge in [0.2, 0.25) is 0 Å². The highest BCUT2D eigenvalue weighted by Gasteiger charge is 2.18. The second-order valence-corrected chi connectivity index (χ2v) is 5.30. The Morgan fingerprint density at radius 2 is 2.20 bits per heavy atom. The van der Waals surface area contributed by atoms with Crippen molar-refractivity contribution in [2.24, 2.45) is 5.92 Å². The lowest BCUT2D eigenvalue weighted by atomic mass is 10.2. The van der Waals surface area contributed by atoms with Crippen LogP contribution >= 0.6 is 0 Å². The van der Waals surface area contributed by atoms with Gasteiger partial charge in [-0.05, 0) is 18.1 Å². The molecule has 20 heavy (non-hydrogen) atoms. The standard InChI is InChI=1S/C15H23N3O2/c1-12(2)10-17(8-9-20-3)15-13(11-19)18-7-5-4-6-14(18)16-15/h4-7,12,19H,8-11H2,1-3H3. The van der Waals surface area contributed by atoms with Gasteiger partial charge in [-0.25, -0.2) is 4.98 Å². The van der Waals surface area contributed by atoms with Gasteiger partial charge in [0.25, 0.3) is 0 Å². The number of methoxy groups -OCH3 is 1. The van der Waals surface area contributed by atoms with E-state index in [1.54, 1.807) is 7.11 Å². The van der Waals surface area contributed by atoms with Crippen LogP contribution in [0.25, 0.3) is 5.65 Å². The Morgan fingerprint density at radius 3 is 2.85 bits per heavy atom. The van der Waals surface area contributed by atoms with Crippen molar-refractivity contribution in [1.29, 1.82) is 0 Å². The molecule has 0 saturated heterocycles. The molecule has 0 aliphatic rings. The number of aromatic nitrogens is 2. The van der Waals surface area contributed by atoms with Crippen LogP contribution in [0.15, 0.2) is 24.4 Å². The zero-order valence-corrected chi connectivity index (χ0v) is 12.4. The Morgan fingerprint density at radius 1 is 1.40 bits per heavy atom. The third kappa shape index (κ3) is 3.11. The van der Waals surface area contributed by atoms with E-state index in [4.69, 9.17) is 4.74 Å².